The summed E-state index contributed by atoms with van der Waals surface area (Å²) >= 11 is 0. The van der Waals surface area contributed by atoms with E-state index in [4.69, 9.17) is 4.74 Å². The number of anilines is 2. The summed E-state index contributed by atoms with van der Waals surface area (Å²) in [4.78, 5) is 29.3. The van der Waals surface area contributed by atoms with Crippen LogP contribution in [0.15, 0.2) is 78.9 Å². The van der Waals surface area contributed by atoms with Crippen molar-refractivity contribution in [3.05, 3.63) is 90.2 Å². The van der Waals surface area contributed by atoms with Crippen LogP contribution in [0.3, 0.4) is 0 Å². The summed E-state index contributed by atoms with van der Waals surface area (Å²) in [5.41, 5.74) is 2.49. The normalized spacial score (nSPS) is 17.4. The number of carbonyl (C=O) groups excluding carboxylic acids is 2. The lowest BCUT2D eigenvalue weighted by atomic mass is 9.90. The van der Waals surface area contributed by atoms with Crippen LogP contribution in [0, 0.1) is 5.82 Å². The second-order valence-corrected chi connectivity index (χ2v) is 7.89. The molecule has 0 aliphatic carbocycles. The monoisotopic (exact) mass is 432 g/mol. The molecule has 32 heavy (non-hydrogen) atoms. The predicted octanol–water partition coefficient (Wildman–Crippen LogP) is 5.12. The third-order valence-electron chi connectivity index (χ3n) is 5.69. The summed E-state index contributed by atoms with van der Waals surface area (Å²) in [6.07, 6.45) is 0.591. The van der Waals surface area contributed by atoms with Crippen LogP contribution in [0.5, 0.6) is 5.75 Å². The van der Waals surface area contributed by atoms with Crippen LogP contribution in [-0.2, 0) is 9.59 Å². The summed E-state index contributed by atoms with van der Waals surface area (Å²) in [6.45, 7) is 3.36. The van der Waals surface area contributed by atoms with Gasteiger partial charge in [0.15, 0.2) is 6.61 Å². The highest BCUT2D eigenvalue weighted by atomic mass is 19.1. The quantitative estimate of drug-likeness (QED) is 0.562. The highest BCUT2D eigenvalue weighted by Gasteiger charge is 2.37. The molecule has 0 saturated carbocycles. The molecule has 3 aromatic carbocycles. The Balaban J connectivity index is 1.69. The Morgan fingerprint density at radius 2 is 1.66 bits per heavy atom. The van der Waals surface area contributed by atoms with E-state index in [0.29, 0.717) is 12.2 Å². The Morgan fingerprint density at radius 1 is 1.00 bits per heavy atom. The molecule has 2 amide bonds. The second kappa shape index (κ2) is 9.22. The van der Waals surface area contributed by atoms with Crippen molar-refractivity contribution in [3.63, 3.8) is 0 Å². The maximum atomic E-state index is 13.5. The van der Waals surface area contributed by atoms with Gasteiger partial charge in [0.05, 0.1) is 6.04 Å². The van der Waals surface area contributed by atoms with Gasteiger partial charge in [-0.2, -0.15) is 0 Å². The number of nitrogens with zero attached hydrogens (tertiary/aromatic N) is 2. The molecule has 0 bridgehead atoms. The van der Waals surface area contributed by atoms with Crippen molar-refractivity contribution in [1.82, 2.24) is 0 Å². The number of fused-ring (bicyclic) bond motifs is 1. The minimum absolute atomic E-state index is 0.0272. The summed E-state index contributed by atoms with van der Waals surface area (Å²) in [5.74, 6) is -0.185. The minimum atomic E-state index is -0.364. The molecule has 0 fully saturated rings. The molecule has 6 heteroatoms. The maximum absolute atomic E-state index is 13.5. The van der Waals surface area contributed by atoms with E-state index >= 15 is 0 Å². The van der Waals surface area contributed by atoms with Crippen molar-refractivity contribution in [1.29, 1.82) is 0 Å². The fourth-order valence-corrected chi connectivity index (χ4v) is 4.34. The molecule has 0 spiro atoms. The number of ether oxygens (including phenoxy) is 1. The van der Waals surface area contributed by atoms with Crippen molar-refractivity contribution in [3.8, 4) is 5.75 Å². The van der Waals surface area contributed by atoms with Crippen LogP contribution < -0.4 is 14.5 Å². The van der Waals surface area contributed by atoms with Gasteiger partial charge < -0.3 is 14.5 Å². The number of benzene rings is 3. The van der Waals surface area contributed by atoms with Crippen LogP contribution in [0.4, 0.5) is 15.8 Å². The van der Waals surface area contributed by atoms with Crippen LogP contribution >= 0.6 is 0 Å². The summed E-state index contributed by atoms with van der Waals surface area (Å²) in [7, 11) is 0. The number of carbonyl (C=O) groups is 2. The predicted molar refractivity (Wildman–Crippen MR) is 122 cm³/mol. The van der Waals surface area contributed by atoms with E-state index in [-0.39, 0.29) is 36.3 Å². The molecule has 0 unspecified atom stereocenters. The summed E-state index contributed by atoms with van der Waals surface area (Å²) in [5, 5.41) is 0. The van der Waals surface area contributed by atoms with Gasteiger partial charge in [-0.15, -0.1) is 0 Å². The van der Waals surface area contributed by atoms with Crippen molar-refractivity contribution in [2.24, 2.45) is 0 Å². The Hall–Kier alpha value is -3.67. The van der Waals surface area contributed by atoms with E-state index in [0.717, 1.165) is 16.9 Å². The Labute approximate surface area is 187 Å². The molecule has 4 rings (SSSR count). The van der Waals surface area contributed by atoms with E-state index < -0.39 is 0 Å². The van der Waals surface area contributed by atoms with E-state index in [1.807, 2.05) is 61.5 Å². The topological polar surface area (TPSA) is 49.9 Å². The van der Waals surface area contributed by atoms with Crippen molar-refractivity contribution < 1.29 is 18.7 Å². The average molecular weight is 432 g/mol. The number of rotatable bonds is 5. The van der Waals surface area contributed by atoms with E-state index in [9.17, 15) is 14.0 Å². The number of halogens is 1. The van der Waals surface area contributed by atoms with Crippen LogP contribution in [0.2, 0.25) is 0 Å². The van der Waals surface area contributed by atoms with Crippen molar-refractivity contribution in [2.45, 2.75) is 32.4 Å². The zero-order chi connectivity index (χ0) is 22.7. The molecule has 1 aliphatic heterocycles. The fraction of sp³-hybridized carbons (Fsp3) is 0.231. The molecule has 1 aliphatic rings. The standard InChI is InChI=1S/C26H25FN2O3/c1-18-16-25(23-10-6-7-11-24(23)28(18)19(2)30)29(21-8-4-3-5-9-21)26(31)17-32-22-14-12-20(27)13-15-22/h3-15,18,25H,16-17H2,1-2H3/t18-,25+/m0/s1. The highest BCUT2D eigenvalue weighted by molar-refractivity contribution is 5.98. The lowest BCUT2D eigenvalue weighted by Gasteiger charge is -2.43. The first kappa shape index (κ1) is 21.6. The molecule has 0 radical (unpaired) electrons. The molecule has 5 nitrogen and oxygen atoms in total. The number of para-hydroxylation sites is 2. The number of hydrogen-bond acceptors (Lipinski definition) is 3. The van der Waals surface area contributed by atoms with Crippen LogP contribution in [0.25, 0.3) is 0 Å². The average Bonchev–Trinajstić information content (AvgIpc) is 2.79. The fourth-order valence-electron chi connectivity index (χ4n) is 4.34. The van der Waals surface area contributed by atoms with Gasteiger partial charge in [0.25, 0.3) is 5.91 Å². The lowest BCUT2D eigenvalue weighted by Crippen LogP contribution is -2.48. The van der Waals surface area contributed by atoms with Crippen LogP contribution in [-0.4, -0.2) is 24.5 Å². The zero-order valence-corrected chi connectivity index (χ0v) is 18.1. The van der Waals surface area contributed by atoms with Crippen molar-refractivity contribution in [2.75, 3.05) is 16.4 Å². The largest absolute Gasteiger partial charge is 0.484 e. The Bertz CT molecular complexity index is 1100. The number of amides is 2. The minimum Gasteiger partial charge on any atom is -0.484 e. The first-order chi connectivity index (χ1) is 15.5. The summed E-state index contributed by atoms with van der Waals surface area (Å²) < 4.78 is 18.9. The van der Waals surface area contributed by atoms with Gasteiger partial charge in [0, 0.05) is 24.3 Å². The van der Waals surface area contributed by atoms with Gasteiger partial charge >= 0.3 is 0 Å². The molecule has 0 N–H and O–H groups in total. The van der Waals surface area contributed by atoms with Gasteiger partial charge in [-0.25, -0.2) is 4.39 Å². The molecule has 3 aromatic rings. The molecule has 164 valence electrons. The number of hydrogen-bond donors (Lipinski definition) is 0. The van der Waals surface area contributed by atoms with Gasteiger partial charge in [-0.3, -0.25) is 9.59 Å². The maximum Gasteiger partial charge on any atom is 0.265 e. The van der Waals surface area contributed by atoms with Crippen LogP contribution in [0.1, 0.15) is 31.9 Å². The van der Waals surface area contributed by atoms with Gasteiger partial charge in [0.1, 0.15) is 11.6 Å². The third-order valence-corrected chi connectivity index (χ3v) is 5.69. The van der Waals surface area contributed by atoms with Gasteiger partial charge in [-0.1, -0.05) is 36.4 Å². The van der Waals surface area contributed by atoms with Crippen molar-refractivity contribution >= 4 is 23.2 Å². The lowest BCUT2D eigenvalue weighted by molar-refractivity contribution is -0.121. The summed E-state index contributed by atoms with van der Waals surface area (Å²) in [6, 6.07) is 22.4. The molecule has 0 saturated heterocycles. The first-order valence-electron chi connectivity index (χ1n) is 10.6. The smallest absolute Gasteiger partial charge is 0.265 e. The SMILES string of the molecule is CC(=O)N1c2ccccc2[C@H](N(C(=O)COc2ccc(F)cc2)c2ccccc2)C[C@@H]1C. The first-order valence-corrected chi connectivity index (χ1v) is 10.6. The van der Waals surface area contributed by atoms with E-state index in [1.165, 1.54) is 24.3 Å². The van der Waals surface area contributed by atoms with Gasteiger partial charge in [0.2, 0.25) is 5.91 Å². The molecule has 0 aromatic heterocycles. The molecule has 1 heterocycles. The Morgan fingerprint density at radius 3 is 2.34 bits per heavy atom. The third kappa shape index (κ3) is 4.35. The molecular formula is C26H25FN2O3. The zero-order valence-electron chi connectivity index (χ0n) is 18.1. The van der Waals surface area contributed by atoms with E-state index in [1.54, 1.807) is 16.7 Å². The molecule has 2 atom stereocenters. The van der Waals surface area contributed by atoms with E-state index in [2.05, 4.69) is 0 Å². The second-order valence-electron chi connectivity index (χ2n) is 7.89. The highest BCUT2D eigenvalue weighted by Crippen LogP contribution is 2.42. The Kier molecular flexibility index (Phi) is 6.21. The molecular weight excluding hydrogens is 407 g/mol. The van der Waals surface area contributed by atoms with Gasteiger partial charge in [-0.05, 0) is 61.4 Å².